The Hall–Kier alpha value is -2.46. The molecule has 2 aromatic rings. The summed E-state index contributed by atoms with van der Waals surface area (Å²) in [6.45, 7) is 6.27. The van der Waals surface area contributed by atoms with E-state index in [2.05, 4.69) is 32.3 Å². The second-order valence-electron chi connectivity index (χ2n) is 9.54. The molecule has 2 saturated heterocycles. The van der Waals surface area contributed by atoms with Gasteiger partial charge in [0.2, 0.25) is 10.0 Å². The number of benzene rings is 1. The van der Waals surface area contributed by atoms with Gasteiger partial charge in [-0.2, -0.15) is 4.31 Å². The van der Waals surface area contributed by atoms with E-state index in [9.17, 15) is 13.2 Å². The monoisotopic (exact) mass is 580 g/mol. The van der Waals surface area contributed by atoms with Crippen LogP contribution in [0.25, 0.3) is 0 Å². The largest absolute Gasteiger partial charge is 0.389 e. The van der Waals surface area contributed by atoms with Crippen LogP contribution in [0.15, 0.2) is 40.5 Å². The number of rotatable bonds is 12. The molecule has 4 rings (SSSR count). The zero-order valence-corrected chi connectivity index (χ0v) is 24.2. The average Bonchev–Trinajstić information content (AvgIpc) is 3.61. The standard InChI is InChI=1S/C25H36N6O6S2/c1-29-9-11-31(12-10-29)17-21-16-26-25(38-21)27-24(32)23(28-37-20-8-14-36-18-20)19-4-6-22(7-5-19)39(33,34)30(2)13-15-35-3/h4-7,16,20H,8-15,17-18H2,1-3H3,(H,26,27,32)/b28-23+/t20-/m1/s1. The Labute approximate surface area is 233 Å². The quantitative estimate of drug-likeness (QED) is 0.292. The van der Waals surface area contributed by atoms with Crippen LogP contribution in [0.4, 0.5) is 5.13 Å². The van der Waals surface area contributed by atoms with E-state index in [1.54, 1.807) is 18.3 Å². The normalized spacial score (nSPS) is 19.5. The van der Waals surface area contributed by atoms with E-state index in [-0.39, 0.29) is 29.9 Å². The Morgan fingerprint density at radius 2 is 2.00 bits per heavy atom. The van der Waals surface area contributed by atoms with Crippen LogP contribution in [0.5, 0.6) is 0 Å². The maximum absolute atomic E-state index is 13.3. The van der Waals surface area contributed by atoms with E-state index in [0.29, 0.717) is 30.3 Å². The van der Waals surface area contributed by atoms with Gasteiger partial charge in [0.15, 0.2) is 16.9 Å². The first kappa shape index (κ1) is 29.5. The molecule has 14 heteroatoms. The van der Waals surface area contributed by atoms with Crippen LogP contribution >= 0.6 is 11.3 Å². The maximum atomic E-state index is 13.3. The highest BCUT2D eigenvalue weighted by atomic mass is 32.2. The van der Waals surface area contributed by atoms with E-state index in [0.717, 1.165) is 37.6 Å². The Morgan fingerprint density at radius 1 is 1.26 bits per heavy atom. The summed E-state index contributed by atoms with van der Waals surface area (Å²) in [5.41, 5.74) is 0.438. The molecule has 1 aromatic carbocycles. The van der Waals surface area contributed by atoms with Crippen molar-refractivity contribution in [2.45, 2.75) is 24.0 Å². The third kappa shape index (κ3) is 8.03. The van der Waals surface area contributed by atoms with Crippen molar-refractivity contribution >= 4 is 38.1 Å². The first-order valence-electron chi connectivity index (χ1n) is 12.8. The molecule has 0 spiro atoms. The third-order valence-corrected chi connectivity index (χ3v) is 9.36. The lowest BCUT2D eigenvalue weighted by atomic mass is 10.1. The highest BCUT2D eigenvalue weighted by Gasteiger charge is 2.24. The highest BCUT2D eigenvalue weighted by molar-refractivity contribution is 7.89. The molecule has 39 heavy (non-hydrogen) atoms. The molecule has 1 amide bonds. The molecule has 3 heterocycles. The highest BCUT2D eigenvalue weighted by Crippen LogP contribution is 2.22. The number of sulfonamides is 1. The van der Waals surface area contributed by atoms with E-state index in [4.69, 9.17) is 14.3 Å². The van der Waals surface area contributed by atoms with Gasteiger partial charge < -0.3 is 19.2 Å². The van der Waals surface area contributed by atoms with Crippen molar-refractivity contribution in [2.24, 2.45) is 5.16 Å². The lowest BCUT2D eigenvalue weighted by molar-refractivity contribution is -0.110. The number of thiazole rings is 1. The fourth-order valence-corrected chi connectivity index (χ4v) is 6.08. The summed E-state index contributed by atoms with van der Waals surface area (Å²) in [6, 6.07) is 6.00. The number of nitrogens with one attached hydrogen (secondary N) is 1. The second kappa shape index (κ2) is 13.7. The molecule has 0 radical (unpaired) electrons. The molecule has 0 aliphatic carbocycles. The van der Waals surface area contributed by atoms with Crippen LogP contribution < -0.4 is 5.32 Å². The summed E-state index contributed by atoms with van der Waals surface area (Å²) >= 11 is 1.42. The van der Waals surface area contributed by atoms with Crippen molar-refractivity contribution in [3.05, 3.63) is 40.9 Å². The molecule has 0 bridgehead atoms. The van der Waals surface area contributed by atoms with Crippen LogP contribution in [0.1, 0.15) is 16.9 Å². The van der Waals surface area contributed by atoms with Crippen LogP contribution in [0.2, 0.25) is 0 Å². The first-order chi connectivity index (χ1) is 18.8. The number of methoxy groups -OCH3 is 1. The summed E-state index contributed by atoms with van der Waals surface area (Å²) in [6.07, 6.45) is 2.20. The van der Waals surface area contributed by atoms with Gasteiger partial charge in [0.25, 0.3) is 5.91 Å². The second-order valence-corrected chi connectivity index (χ2v) is 12.7. The zero-order chi connectivity index (χ0) is 27.8. The summed E-state index contributed by atoms with van der Waals surface area (Å²) < 4.78 is 37.3. The number of oxime groups is 1. The van der Waals surface area contributed by atoms with E-state index in [1.165, 1.54) is 41.9 Å². The number of hydrogen-bond acceptors (Lipinski definition) is 11. The SMILES string of the molecule is COCCN(C)S(=O)(=O)c1ccc(/C(=N\O[C@@H]2CCOC2)C(=O)Nc2ncc(CN3CCN(C)CC3)s2)cc1. The van der Waals surface area contributed by atoms with Gasteiger partial charge in [-0.15, -0.1) is 11.3 Å². The van der Waals surface area contributed by atoms with Crippen LogP contribution in [-0.4, -0.2) is 119 Å². The first-order valence-corrected chi connectivity index (χ1v) is 15.1. The summed E-state index contributed by atoms with van der Waals surface area (Å²) in [5.74, 6) is -0.498. The molecule has 12 nitrogen and oxygen atoms in total. The summed E-state index contributed by atoms with van der Waals surface area (Å²) in [5, 5.41) is 7.44. The molecule has 2 fully saturated rings. The molecule has 1 atom stereocenters. The Balaban J connectivity index is 1.48. The predicted molar refractivity (Wildman–Crippen MR) is 148 cm³/mol. The van der Waals surface area contributed by atoms with Crippen molar-refractivity contribution in [3.8, 4) is 0 Å². The molecule has 1 N–H and O–H groups in total. The molecule has 0 saturated carbocycles. The molecular formula is C25H36N6O6S2. The number of likely N-dealkylation sites (N-methyl/N-ethyl adjacent to an activating group) is 2. The van der Waals surface area contributed by atoms with Crippen LogP contribution in [0, 0.1) is 0 Å². The van der Waals surface area contributed by atoms with E-state index >= 15 is 0 Å². The van der Waals surface area contributed by atoms with Crippen molar-refractivity contribution in [2.75, 3.05) is 79.1 Å². The predicted octanol–water partition coefficient (Wildman–Crippen LogP) is 1.31. The molecule has 214 valence electrons. The molecular weight excluding hydrogens is 544 g/mol. The number of hydrogen-bond donors (Lipinski definition) is 1. The number of aromatic nitrogens is 1. The molecule has 2 aliphatic rings. The van der Waals surface area contributed by atoms with Gasteiger partial charge in [-0.1, -0.05) is 17.3 Å². The van der Waals surface area contributed by atoms with Crippen molar-refractivity contribution in [1.29, 1.82) is 0 Å². The topological polar surface area (TPSA) is 126 Å². The van der Waals surface area contributed by atoms with Crippen molar-refractivity contribution in [1.82, 2.24) is 19.1 Å². The lowest BCUT2D eigenvalue weighted by Gasteiger charge is -2.31. The van der Waals surface area contributed by atoms with Gasteiger partial charge >= 0.3 is 0 Å². The summed E-state index contributed by atoms with van der Waals surface area (Å²) in [7, 11) is 1.42. The minimum absolute atomic E-state index is 0.0226. The van der Waals surface area contributed by atoms with Crippen LogP contribution in [-0.2, 0) is 35.7 Å². The zero-order valence-electron chi connectivity index (χ0n) is 22.5. The fraction of sp³-hybridized carbons (Fsp3) is 0.560. The van der Waals surface area contributed by atoms with Crippen LogP contribution in [0.3, 0.4) is 0 Å². The van der Waals surface area contributed by atoms with Gasteiger partial charge in [-0.25, -0.2) is 13.4 Å². The van der Waals surface area contributed by atoms with E-state index < -0.39 is 15.9 Å². The van der Waals surface area contributed by atoms with Gasteiger partial charge in [-0.05, 0) is 19.2 Å². The van der Waals surface area contributed by atoms with Gasteiger partial charge in [0.05, 0.1) is 24.7 Å². The number of ether oxygens (including phenoxy) is 2. The van der Waals surface area contributed by atoms with E-state index in [1.807, 2.05) is 0 Å². The lowest BCUT2D eigenvalue weighted by Crippen LogP contribution is -2.43. The number of piperazine rings is 1. The third-order valence-electron chi connectivity index (χ3n) is 6.59. The maximum Gasteiger partial charge on any atom is 0.280 e. The number of anilines is 1. The Morgan fingerprint density at radius 3 is 2.67 bits per heavy atom. The number of nitrogens with zero attached hydrogens (tertiary/aromatic N) is 5. The molecule has 2 aliphatic heterocycles. The van der Waals surface area contributed by atoms with Crippen molar-refractivity contribution < 1.29 is 27.5 Å². The van der Waals surface area contributed by atoms with Gasteiger partial charge in [0, 0.05) is 76.5 Å². The number of amides is 1. The Bertz CT molecular complexity index is 1220. The van der Waals surface area contributed by atoms with Crippen molar-refractivity contribution in [3.63, 3.8) is 0 Å². The Kier molecular flexibility index (Phi) is 10.4. The molecule has 1 aromatic heterocycles. The number of carbonyl (C=O) groups excluding carboxylic acids is 1. The summed E-state index contributed by atoms with van der Waals surface area (Å²) in [4.78, 5) is 29.1. The van der Waals surface area contributed by atoms with Gasteiger partial charge in [0.1, 0.15) is 0 Å². The minimum Gasteiger partial charge on any atom is -0.389 e. The fourth-order valence-electron chi connectivity index (χ4n) is 4.07. The average molecular weight is 581 g/mol. The molecule has 0 unspecified atom stereocenters. The minimum atomic E-state index is -3.71. The van der Waals surface area contributed by atoms with Gasteiger partial charge in [-0.3, -0.25) is 15.0 Å². The number of carbonyl (C=O) groups is 1. The smallest absolute Gasteiger partial charge is 0.280 e.